The third kappa shape index (κ3) is 65.1. The molecular formula is C72H140O17P2. The van der Waals surface area contributed by atoms with Crippen LogP contribution in [0, 0.1) is 17.8 Å². The molecule has 19 heteroatoms. The van der Waals surface area contributed by atoms with Crippen molar-refractivity contribution >= 4 is 39.5 Å². The molecule has 0 aliphatic heterocycles. The summed E-state index contributed by atoms with van der Waals surface area (Å²) in [5.41, 5.74) is 0. The minimum Gasteiger partial charge on any atom is -0.462 e. The van der Waals surface area contributed by atoms with Gasteiger partial charge in [-0.15, -0.1) is 0 Å². The van der Waals surface area contributed by atoms with E-state index >= 15 is 0 Å². The third-order valence-corrected chi connectivity index (χ3v) is 18.9. The van der Waals surface area contributed by atoms with E-state index in [0.29, 0.717) is 25.7 Å². The number of ether oxygens (including phenoxy) is 4. The first kappa shape index (κ1) is 89.1. The van der Waals surface area contributed by atoms with E-state index in [1.54, 1.807) is 0 Å². The second-order valence-corrected chi connectivity index (χ2v) is 30.1. The summed E-state index contributed by atoms with van der Waals surface area (Å²) in [7, 11) is -9.89. The van der Waals surface area contributed by atoms with Crippen LogP contribution in [0.4, 0.5) is 0 Å². The van der Waals surface area contributed by atoms with Crippen molar-refractivity contribution in [1.82, 2.24) is 0 Å². The summed E-state index contributed by atoms with van der Waals surface area (Å²) < 4.78 is 68.1. The molecule has 0 saturated carbocycles. The van der Waals surface area contributed by atoms with E-state index in [2.05, 4.69) is 48.5 Å². The molecule has 91 heavy (non-hydrogen) atoms. The quantitative estimate of drug-likeness (QED) is 0.0222. The lowest BCUT2D eigenvalue weighted by atomic mass is 9.99. The van der Waals surface area contributed by atoms with E-state index < -0.39 is 97.5 Å². The van der Waals surface area contributed by atoms with E-state index in [1.165, 1.54) is 167 Å². The van der Waals surface area contributed by atoms with Gasteiger partial charge >= 0.3 is 39.5 Å². The molecule has 0 aromatic carbocycles. The number of phosphoric acid groups is 2. The van der Waals surface area contributed by atoms with Gasteiger partial charge in [0.05, 0.1) is 26.4 Å². The zero-order valence-electron chi connectivity index (χ0n) is 59.3. The number of rotatable bonds is 70. The topological polar surface area (TPSA) is 237 Å². The highest BCUT2D eigenvalue weighted by atomic mass is 31.2. The average Bonchev–Trinajstić information content (AvgIpc) is 3.51. The molecule has 0 aromatic rings. The van der Waals surface area contributed by atoms with Crippen LogP contribution in [0.3, 0.4) is 0 Å². The third-order valence-electron chi connectivity index (χ3n) is 17.0. The summed E-state index contributed by atoms with van der Waals surface area (Å²) in [6.07, 6.45) is 47.7. The van der Waals surface area contributed by atoms with Gasteiger partial charge in [-0.2, -0.15) is 0 Å². The Morgan fingerprint density at radius 2 is 0.560 bits per heavy atom. The summed E-state index contributed by atoms with van der Waals surface area (Å²) in [6.45, 7) is 11.8. The molecule has 0 bridgehead atoms. The maximum absolute atomic E-state index is 13.0. The number of phosphoric ester groups is 2. The number of carbonyl (C=O) groups excluding carboxylic acids is 4. The Balaban J connectivity index is 5.10. The molecule has 0 heterocycles. The fraction of sp³-hybridized carbons (Fsp3) is 0.944. The Morgan fingerprint density at radius 1 is 0.319 bits per heavy atom. The number of aliphatic hydroxyl groups excluding tert-OH is 1. The van der Waals surface area contributed by atoms with Gasteiger partial charge in [-0.25, -0.2) is 9.13 Å². The van der Waals surface area contributed by atoms with E-state index in [9.17, 15) is 43.2 Å². The fourth-order valence-electron chi connectivity index (χ4n) is 10.9. The average molecular weight is 1340 g/mol. The molecule has 0 aliphatic rings. The molecule has 0 fully saturated rings. The highest BCUT2D eigenvalue weighted by Crippen LogP contribution is 2.45. The maximum atomic E-state index is 13.0. The number of unbranched alkanes of at least 4 members (excludes halogenated alkanes) is 37. The smallest absolute Gasteiger partial charge is 0.462 e. The Kier molecular flexibility index (Phi) is 61.5. The molecule has 0 aliphatic carbocycles. The van der Waals surface area contributed by atoms with Crippen LogP contribution >= 0.6 is 15.6 Å². The van der Waals surface area contributed by atoms with Crippen molar-refractivity contribution in [3.63, 3.8) is 0 Å². The van der Waals surface area contributed by atoms with Crippen LogP contribution in [-0.4, -0.2) is 96.7 Å². The molecule has 3 N–H and O–H groups in total. The Hall–Kier alpha value is -1.94. The zero-order chi connectivity index (χ0) is 67.3. The highest BCUT2D eigenvalue weighted by molar-refractivity contribution is 7.47. The minimum atomic E-state index is -4.95. The van der Waals surface area contributed by atoms with Gasteiger partial charge in [0.1, 0.15) is 19.3 Å². The summed E-state index contributed by atoms with van der Waals surface area (Å²) in [5.74, 6) is 0.211. The fourth-order valence-corrected chi connectivity index (χ4v) is 12.4. The summed E-state index contributed by atoms with van der Waals surface area (Å²) in [6, 6.07) is 0. The number of hydrogen-bond donors (Lipinski definition) is 3. The van der Waals surface area contributed by atoms with Gasteiger partial charge in [0.25, 0.3) is 0 Å². The predicted molar refractivity (Wildman–Crippen MR) is 368 cm³/mol. The number of hydrogen-bond acceptors (Lipinski definition) is 15. The van der Waals surface area contributed by atoms with Crippen molar-refractivity contribution < 1.29 is 80.2 Å². The monoisotopic (exact) mass is 1340 g/mol. The normalized spacial score (nSPS) is 14.5. The number of carbonyl (C=O) groups is 4. The first-order chi connectivity index (χ1) is 43.8. The van der Waals surface area contributed by atoms with Crippen LogP contribution < -0.4 is 0 Å². The van der Waals surface area contributed by atoms with Crippen molar-refractivity contribution in [2.24, 2.45) is 17.8 Å². The van der Waals surface area contributed by atoms with Crippen LogP contribution in [-0.2, 0) is 65.4 Å². The van der Waals surface area contributed by atoms with E-state index in [4.69, 9.17) is 37.0 Å². The lowest BCUT2D eigenvalue weighted by Gasteiger charge is -2.21. The van der Waals surface area contributed by atoms with Gasteiger partial charge in [-0.05, 0) is 43.4 Å². The van der Waals surface area contributed by atoms with Gasteiger partial charge in [0.15, 0.2) is 12.2 Å². The second-order valence-electron chi connectivity index (χ2n) is 27.2. The molecule has 0 saturated heterocycles. The summed E-state index contributed by atoms with van der Waals surface area (Å²) in [5, 5.41) is 10.6. The largest absolute Gasteiger partial charge is 0.472 e. The molecule has 0 rings (SSSR count). The lowest BCUT2D eigenvalue weighted by molar-refractivity contribution is -0.161. The lowest BCUT2D eigenvalue weighted by Crippen LogP contribution is -2.30. The molecule has 0 amide bonds. The predicted octanol–water partition coefficient (Wildman–Crippen LogP) is 20.6. The van der Waals surface area contributed by atoms with Crippen LogP contribution in [0.25, 0.3) is 0 Å². The number of esters is 4. The molecule has 17 nitrogen and oxygen atoms in total. The van der Waals surface area contributed by atoms with Crippen molar-refractivity contribution in [2.75, 3.05) is 39.6 Å². The van der Waals surface area contributed by atoms with Crippen LogP contribution in [0.5, 0.6) is 0 Å². The van der Waals surface area contributed by atoms with Crippen LogP contribution in [0.2, 0.25) is 0 Å². The van der Waals surface area contributed by atoms with Crippen LogP contribution in [0.15, 0.2) is 0 Å². The van der Waals surface area contributed by atoms with E-state index in [1.807, 2.05) is 0 Å². The first-order valence-electron chi connectivity index (χ1n) is 37.4. The molecule has 0 radical (unpaired) electrons. The molecule has 6 atom stereocenters. The van der Waals surface area contributed by atoms with Gasteiger partial charge in [-0.1, -0.05) is 312 Å². The molecule has 3 unspecified atom stereocenters. The molecule has 540 valence electrons. The Bertz CT molecular complexity index is 1790. The first-order valence-corrected chi connectivity index (χ1v) is 40.4. The maximum Gasteiger partial charge on any atom is 0.472 e. The van der Waals surface area contributed by atoms with Crippen molar-refractivity contribution in [1.29, 1.82) is 0 Å². The van der Waals surface area contributed by atoms with Crippen molar-refractivity contribution in [2.45, 2.75) is 381 Å². The van der Waals surface area contributed by atoms with Crippen molar-refractivity contribution in [3.05, 3.63) is 0 Å². The summed E-state index contributed by atoms with van der Waals surface area (Å²) >= 11 is 0. The standard InChI is InChI=1S/C72H140O17P2/c1-8-10-11-36-46-53-69(74)82-59-67(88-72(77)56-49-42-35-29-28-31-38-44-51-64(5)6)61-86-90(78,79)84-57-66(73)58-85-91(80,81)87-62-68(60-83-70(75)54-47-40-33-26-23-22-24-30-37-43-50-63(3)4)89-71(76)55-48-41-34-27-21-19-17-15-13-12-14-16-18-20-25-32-39-45-52-65(7)9-2/h63-68,73H,8-62H2,1-7H3,(H,78,79)(H,80,81)/t65?,66-,67+,68+/m0/s1. The van der Waals surface area contributed by atoms with E-state index in [0.717, 1.165) is 114 Å². The molecule has 0 spiro atoms. The number of aliphatic hydroxyl groups is 1. The Morgan fingerprint density at radius 3 is 0.835 bits per heavy atom. The SMILES string of the molecule is CCCCCCCC(=O)OC[C@H](COP(=O)(O)OC[C@H](O)COP(=O)(O)OC[C@@H](COC(=O)CCCCCCCCCCCCC(C)C)OC(=O)CCCCCCCCCCCCCCCCCCCCC(C)CC)OC(=O)CCCCCCCCCCC(C)C. The Labute approximate surface area is 556 Å². The van der Waals surface area contributed by atoms with Gasteiger partial charge in [0.2, 0.25) is 0 Å². The van der Waals surface area contributed by atoms with E-state index in [-0.39, 0.29) is 25.7 Å². The van der Waals surface area contributed by atoms with Crippen molar-refractivity contribution in [3.8, 4) is 0 Å². The zero-order valence-corrected chi connectivity index (χ0v) is 61.1. The van der Waals surface area contributed by atoms with Crippen LogP contribution in [0.1, 0.15) is 363 Å². The summed E-state index contributed by atoms with van der Waals surface area (Å²) in [4.78, 5) is 72.3. The highest BCUT2D eigenvalue weighted by Gasteiger charge is 2.30. The minimum absolute atomic E-state index is 0.103. The van der Waals surface area contributed by atoms with Gasteiger partial charge in [0, 0.05) is 25.7 Å². The molecular weight excluding hydrogens is 1200 g/mol. The van der Waals surface area contributed by atoms with Gasteiger partial charge < -0.3 is 33.8 Å². The second kappa shape index (κ2) is 62.8. The van der Waals surface area contributed by atoms with Gasteiger partial charge in [-0.3, -0.25) is 37.3 Å². The molecule has 0 aromatic heterocycles.